The van der Waals surface area contributed by atoms with Gasteiger partial charge in [0.25, 0.3) is 0 Å². The average molecular weight is 258 g/mol. The van der Waals surface area contributed by atoms with Crippen molar-refractivity contribution >= 4 is 23.6 Å². The van der Waals surface area contributed by atoms with Gasteiger partial charge in [-0.3, -0.25) is 4.79 Å². The lowest BCUT2D eigenvalue weighted by Gasteiger charge is -1.96. The van der Waals surface area contributed by atoms with Crippen LogP contribution < -0.4 is 0 Å². The van der Waals surface area contributed by atoms with Gasteiger partial charge in [-0.25, -0.2) is 0 Å². The molecule has 92 valence electrons. The van der Waals surface area contributed by atoms with Crippen LogP contribution in [0.4, 0.5) is 0 Å². The Bertz CT molecular complexity index is 564. The molecule has 0 N–H and O–H groups in total. The first-order valence-electron chi connectivity index (χ1n) is 5.62. The number of ketones is 1. The molecule has 0 unspecified atom stereocenters. The minimum absolute atomic E-state index is 0.114. The minimum Gasteiger partial charge on any atom is -0.458 e. The van der Waals surface area contributed by atoms with Crippen LogP contribution in [-0.4, -0.2) is 12.0 Å². The van der Waals surface area contributed by atoms with Crippen molar-refractivity contribution in [2.45, 2.75) is 11.8 Å². The van der Waals surface area contributed by atoms with Crippen molar-refractivity contribution in [2.24, 2.45) is 0 Å². The van der Waals surface area contributed by atoms with Gasteiger partial charge in [0.05, 0.1) is 0 Å². The maximum absolute atomic E-state index is 11.8. The van der Waals surface area contributed by atoms with Crippen molar-refractivity contribution in [1.82, 2.24) is 0 Å². The summed E-state index contributed by atoms with van der Waals surface area (Å²) in [5, 5.41) is 0. The summed E-state index contributed by atoms with van der Waals surface area (Å²) < 4.78 is 5.27. The molecule has 0 bridgehead atoms. The van der Waals surface area contributed by atoms with Gasteiger partial charge in [-0.15, -0.1) is 11.8 Å². The molecule has 0 saturated heterocycles. The second kappa shape index (κ2) is 5.74. The van der Waals surface area contributed by atoms with E-state index in [9.17, 15) is 4.79 Å². The van der Waals surface area contributed by atoms with Crippen LogP contribution in [0.25, 0.3) is 6.08 Å². The molecule has 0 amide bonds. The fourth-order valence-corrected chi connectivity index (χ4v) is 1.94. The van der Waals surface area contributed by atoms with E-state index in [1.54, 1.807) is 30.0 Å². The molecular weight excluding hydrogens is 244 g/mol. The van der Waals surface area contributed by atoms with E-state index in [4.69, 9.17) is 4.42 Å². The van der Waals surface area contributed by atoms with Crippen LogP contribution in [0.2, 0.25) is 0 Å². The summed E-state index contributed by atoms with van der Waals surface area (Å²) in [6.45, 7) is 1.82. The number of furan rings is 1. The zero-order chi connectivity index (χ0) is 13.0. The number of hydrogen-bond donors (Lipinski definition) is 0. The molecule has 18 heavy (non-hydrogen) atoms. The van der Waals surface area contributed by atoms with E-state index in [1.807, 2.05) is 37.4 Å². The largest absolute Gasteiger partial charge is 0.458 e. The van der Waals surface area contributed by atoms with Gasteiger partial charge in [0.1, 0.15) is 5.76 Å². The summed E-state index contributed by atoms with van der Waals surface area (Å²) >= 11 is 1.70. The molecule has 0 saturated carbocycles. The molecule has 0 aliphatic heterocycles. The Morgan fingerprint density at radius 3 is 2.44 bits per heavy atom. The van der Waals surface area contributed by atoms with Crippen LogP contribution in [0.5, 0.6) is 0 Å². The molecule has 1 aromatic heterocycles. The van der Waals surface area contributed by atoms with Crippen molar-refractivity contribution < 1.29 is 9.21 Å². The Labute approximate surface area is 111 Å². The summed E-state index contributed by atoms with van der Waals surface area (Å²) in [5.74, 6) is 1.01. The first kappa shape index (κ1) is 12.7. The SMILES string of the molecule is CSc1ccc(C=CC(=O)c2ccc(C)o2)cc1. The van der Waals surface area contributed by atoms with Gasteiger partial charge in [-0.1, -0.05) is 18.2 Å². The molecule has 0 radical (unpaired) electrons. The molecule has 2 nitrogen and oxygen atoms in total. The highest BCUT2D eigenvalue weighted by Gasteiger charge is 2.05. The van der Waals surface area contributed by atoms with Gasteiger partial charge < -0.3 is 4.42 Å². The summed E-state index contributed by atoms with van der Waals surface area (Å²) in [7, 11) is 0. The number of thioether (sulfide) groups is 1. The van der Waals surface area contributed by atoms with E-state index in [0.717, 1.165) is 11.3 Å². The average Bonchev–Trinajstić information content (AvgIpc) is 2.83. The van der Waals surface area contributed by atoms with E-state index < -0.39 is 0 Å². The Kier molecular flexibility index (Phi) is 4.05. The van der Waals surface area contributed by atoms with Crippen LogP contribution in [0.3, 0.4) is 0 Å². The third kappa shape index (κ3) is 3.14. The van der Waals surface area contributed by atoms with E-state index in [1.165, 1.54) is 11.0 Å². The Morgan fingerprint density at radius 2 is 1.89 bits per heavy atom. The summed E-state index contributed by atoms with van der Waals surface area (Å²) in [6, 6.07) is 11.5. The van der Waals surface area contributed by atoms with Crippen LogP contribution >= 0.6 is 11.8 Å². The Balaban J connectivity index is 2.08. The highest BCUT2D eigenvalue weighted by molar-refractivity contribution is 7.98. The lowest BCUT2D eigenvalue weighted by molar-refractivity contribution is 0.102. The van der Waals surface area contributed by atoms with Crippen LogP contribution in [0, 0.1) is 6.92 Å². The second-order valence-electron chi connectivity index (χ2n) is 3.88. The van der Waals surface area contributed by atoms with Crippen molar-refractivity contribution in [1.29, 1.82) is 0 Å². The molecule has 2 rings (SSSR count). The van der Waals surface area contributed by atoms with Crippen molar-refractivity contribution in [3.8, 4) is 0 Å². The minimum atomic E-state index is -0.114. The zero-order valence-corrected chi connectivity index (χ0v) is 11.2. The first-order valence-corrected chi connectivity index (χ1v) is 6.84. The molecule has 0 aliphatic rings. The van der Waals surface area contributed by atoms with Crippen LogP contribution in [0.15, 0.2) is 51.8 Å². The molecule has 0 aliphatic carbocycles. The van der Waals surface area contributed by atoms with Gasteiger partial charge in [-0.05, 0) is 49.1 Å². The maximum Gasteiger partial charge on any atom is 0.221 e. The van der Waals surface area contributed by atoms with Crippen LogP contribution in [-0.2, 0) is 0 Å². The zero-order valence-electron chi connectivity index (χ0n) is 10.3. The number of benzene rings is 1. The Morgan fingerprint density at radius 1 is 1.17 bits per heavy atom. The molecule has 0 fully saturated rings. The van der Waals surface area contributed by atoms with E-state index in [-0.39, 0.29) is 5.78 Å². The number of hydrogen-bond acceptors (Lipinski definition) is 3. The molecule has 3 heteroatoms. The van der Waals surface area contributed by atoms with Crippen LogP contribution in [0.1, 0.15) is 21.9 Å². The molecular formula is C15H14O2S. The summed E-state index contributed by atoms with van der Waals surface area (Å²) in [6.07, 6.45) is 5.37. The van der Waals surface area contributed by atoms with E-state index >= 15 is 0 Å². The molecule has 1 aromatic carbocycles. The topological polar surface area (TPSA) is 30.2 Å². The van der Waals surface area contributed by atoms with Crippen molar-refractivity contribution in [2.75, 3.05) is 6.26 Å². The van der Waals surface area contributed by atoms with Gasteiger partial charge in [-0.2, -0.15) is 0 Å². The predicted octanol–water partition coefficient (Wildman–Crippen LogP) is 4.21. The monoisotopic (exact) mass is 258 g/mol. The number of carbonyl (C=O) groups excluding carboxylic acids is 1. The molecule has 0 atom stereocenters. The number of carbonyl (C=O) groups is 1. The normalized spacial score (nSPS) is 11.0. The first-order chi connectivity index (χ1) is 8.69. The molecule has 1 heterocycles. The predicted molar refractivity (Wildman–Crippen MR) is 75.0 cm³/mol. The fourth-order valence-electron chi connectivity index (χ4n) is 1.54. The standard InChI is InChI=1S/C15H14O2S/c1-11-3-10-15(17-11)14(16)9-6-12-4-7-13(18-2)8-5-12/h3-10H,1-2H3. The maximum atomic E-state index is 11.8. The van der Waals surface area contributed by atoms with Gasteiger partial charge >= 0.3 is 0 Å². The van der Waals surface area contributed by atoms with Crippen molar-refractivity contribution in [3.63, 3.8) is 0 Å². The third-order valence-corrected chi connectivity index (χ3v) is 3.27. The van der Waals surface area contributed by atoms with Gasteiger partial charge in [0.15, 0.2) is 5.76 Å². The van der Waals surface area contributed by atoms with Gasteiger partial charge in [0, 0.05) is 4.90 Å². The number of allylic oxidation sites excluding steroid dienone is 1. The number of rotatable bonds is 4. The third-order valence-electron chi connectivity index (χ3n) is 2.53. The smallest absolute Gasteiger partial charge is 0.221 e. The quantitative estimate of drug-likeness (QED) is 0.467. The van der Waals surface area contributed by atoms with Gasteiger partial charge in [0.2, 0.25) is 5.78 Å². The second-order valence-corrected chi connectivity index (χ2v) is 4.76. The lowest BCUT2D eigenvalue weighted by Crippen LogP contribution is -1.90. The highest BCUT2D eigenvalue weighted by Crippen LogP contribution is 2.16. The number of aryl methyl sites for hydroxylation is 1. The highest BCUT2D eigenvalue weighted by atomic mass is 32.2. The molecule has 0 spiro atoms. The van der Waals surface area contributed by atoms with Crippen molar-refractivity contribution in [3.05, 3.63) is 59.6 Å². The lowest BCUT2D eigenvalue weighted by atomic mass is 10.2. The summed E-state index contributed by atoms with van der Waals surface area (Å²) in [5.41, 5.74) is 1.00. The molecule has 2 aromatic rings. The van der Waals surface area contributed by atoms with E-state index in [2.05, 4.69) is 0 Å². The van der Waals surface area contributed by atoms with E-state index in [0.29, 0.717) is 5.76 Å². The fraction of sp³-hybridized carbons (Fsp3) is 0.133. The summed E-state index contributed by atoms with van der Waals surface area (Å²) in [4.78, 5) is 13.0. The Hall–Kier alpha value is -1.74.